The molecule has 2 rings (SSSR count). The molecule has 1 atom stereocenters. The van der Waals surface area contributed by atoms with Crippen LogP contribution >= 0.6 is 11.3 Å². The van der Waals surface area contributed by atoms with E-state index in [1.54, 1.807) is 36.9 Å². The quantitative estimate of drug-likeness (QED) is 0.903. The van der Waals surface area contributed by atoms with Crippen molar-refractivity contribution in [3.05, 3.63) is 40.1 Å². The molecule has 0 aliphatic carbocycles. The molecule has 0 spiro atoms. The van der Waals surface area contributed by atoms with Crippen LogP contribution in [0.5, 0.6) is 5.75 Å². The number of methoxy groups -OCH3 is 1. The van der Waals surface area contributed by atoms with Crippen molar-refractivity contribution < 1.29 is 9.84 Å². The van der Waals surface area contributed by atoms with Gasteiger partial charge in [0, 0.05) is 29.3 Å². The summed E-state index contributed by atoms with van der Waals surface area (Å²) in [5, 5.41) is 13.1. The summed E-state index contributed by atoms with van der Waals surface area (Å²) in [6.45, 7) is 1.94. The highest BCUT2D eigenvalue weighted by Gasteiger charge is 2.15. The summed E-state index contributed by atoms with van der Waals surface area (Å²) in [6, 6.07) is 1.77. The summed E-state index contributed by atoms with van der Waals surface area (Å²) >= 11 is 1.56. The Kier molecular flexibility index (Phi) is 3.71. The second-order valence-corrected chi connectivity index (χ2v) is 4.66. The van der Waals surface area contributed by atoms with Crippen LogP contribution < -0.4 is 4.74 Å². The molecule has 0 aliphatic rings. The summed E-state index contributed by atoms with van der Waals surface area (Å²) in [7, 11) is 1.57. The first-order valence-corrected chi connectivity index (χ1v) is 6.15. The Balaban J connectivity index is 2.16. The third kappa shape index (κ3) is 2.81. The topological polar surface area (TPSA) is 55.2 Å². The van der Waals surface area contributed by atoms with Crippen molar-refractivity contribution in [1.29, 1.82) is 0 Å². The van der Waals surface area contributed by atoms with Crippen LogP contribution in [0.15, 0.2) is 23.8 Å². The highest BCUT2D eigenvalue weighted by molar-refractivity contribution is 7.09. The fourth-order valence-corrected chi connectivity index (χ4v) is 2.42. The highest BCUT2D eigenvalue weighted by atomic mass is 32.1. The Morgan fingerprint density at radius 3 is 3.00 bits per heavy atom. The summed E-state index contributed by atoms with van der Waals surface area (Å²) in [4.78, 5) is 8.29. The molecule has 0 radical (unpaired) electrons. The molecule has 0 fully saturated rings. The van der Waals surface area contributed by atoms with E-state index < -0.39 is 6.10 Å². The third-order valence-corrected chi connectivity index (χ3v) is 3.42. The number of aromatic nitrogens is 2. The molecule has 0 amide bonds. The highest BCUT2D eigenvalue weighted by Crippen LogP contribution is 2.27. The lowest BCUT2D eigenvalue weighted by Crippen LogP contribution is -2.04. The molecule has 5 heteroatoms. The monoisotopic (exact) mass is 250 g/mol. The minimum atomic E-state index is -0.613. The number of aryl methyl sites for hydroxylation is 1. The lowest BCUT2D eigenvalue weighted by atomic mass is 10.1. The van der Waals surface area contributed by atoms with Gasteiger partial charge >= 0.3 is 0 Å². The average Bonchev–Trinajstić information content (AvgIpc) is 2.74. The zero-order valence-corrected chi connectivity index (χ0v) is 10.6. The van der Waals surface area contributed by atoms with Gasteiger partial charge in [0.25, 0.3) is 0 Å². The van der Waals surface area contributed by atoms with Gasteiger partial charge < -0.3 is 9.84 Å². The van der Waals surface area contributed by atoms with Gasteiger partial charge in [-0.1, -0.05) is 0 Å². The number of ether oxygens (including phenoxy) is 1. The number of thiazole rings is 1. The van der Waals surface area contributed by atoms with E-state index in [1.807, 2.05) is 12.3 Å². The van der Waals surface area contributed by atoms with Crippen LogP contribution in [0.4, 0.5) is 0 Å². The Morgan fingerprint density at radius 1 is 1.53 bits per heavy atom. The molecule has 0 saturated heterocycles. The van der Waals surface area contributed by atoms with E-state index >= 15 is 0 Å². The molecule has 1 unspecified atom stereocenters. The van der Waals surface area contributed by atoms with E-state index in [-0.39, 0.29) is 0 Å². The maximum atomic E-state index is 10.2. The summed E-state index contributed by atoms with van der Waals surface area (Å²) in [5.74, 6) is 0.605. The van der Waals surface area contributed by atoms with E-state index in [4.69, 9.17) is 4.74 Å². The second kappa shape index (κ2) is 5.25. The van der Waals surface area contributed by atoms with Crippen molar-refractivity contribution in [3.8, 4) is 5.75 Å². The number of hydrogen-bond donors (Lipinski definition) is 1. The summed E-state index contributed by atoms with van der Waals surface area (Å²) < 4.78 is 5.17. The van der Waals surface area contributed by atoms with Crippen LogP contribution in [0.2, 0.25) is 0 Å². The number of hydrogen-bond acceptors (Lipinski definition) is 5. The molecule has 0 saturated carbocycles. The van der Waals surface area contributed by atoms with Crippen LogP contribution in [-0.4, -0.2) is 22.2 Å². The van der Waals surface area contributed by atoms with Crippen LogP contribution in [0, 0.1) is 6.92 Å². The van der Waals surface area contributed by atoms with Crippen molar-refractivity contribution in [2.24, 2.45) is 0 Å². The first kappa shape index (κ1) is 12.0. The molecule has 2 aromatic heterocycles. The SMILES string of the molecule is COc1cnccc1C(O)Cc1nc(C)cs1. The number of rotatable bonds is 4. The lowest BCUT2D eigenvalue weighted by molar-refractivity contribution is 0.173. The Labute approximate surface area is 104 Å². The zero-order chi connectivity index (χ0) is 12.3. The average molecular weight is 250 g/mol. The van der Waals surface area contributed by atoms with Gasteiger partial charge in [-0.2, -0.15) is 0 Å². The fraction of sp³-hybridized carbons (Fsp3) is 0.333. The second-order valence-electron chi connectivity index (χ2n) is 3.72. The lowest BCUT2D eigenvalue weighted by Gasteiger charge is -2.12. The van der Waals surface area contributed by atoms with Gasteiger partial charge in [0.05, 0.1) is 24.4 Å². The number of aliphatic hydroxyl groups is 1. The van der Waals surface area contributed by atoms with Crippen LogP contribution in [0.25, 0.3) is 0 Å². The van der Waals surface area contributed by atoms with Gasteiger partial charge in [-0.25, -0.2) is 4.98 Å². The van der Waals surface area contributed by atoms with Gasteiger partial charge in [-0.15, -0.1) is 11.3 Å². The maximum absolute atomic E-state index is 10.2. The number of aliphatic hydroxyl groups excluding tert-OH is 1. The maximum Gasteiger partial charge on any atom is 0.142 e. The minimum Gasteiger partial charge on any atom is -0.495 e. The first-order chi connectivity index (χ1) is 8.20. The van der Waals surface area contributed by atoms with Crippen LogP contribution in [0.3, 0.4) is 0 Å². The van der Waals surface area contributed by atoms with Crippen molar-refractivity contribution in [1.82, 2.24) is 9.97 Å². The predicted molar refractivity (Wildman–Crippen MR) is 66.3 cm³/mol. The summed E-state index contributed by atoms with van der Waals surface area (Å²) in [5.41, 5.74) is 1.73. The number of pyridine rings is 1. The number of nitrogens with zero attached hydrogens (tertiary/aromatic N) is 2. The Morgan fingerprint density at radius 2 is 2.35 bits per heavy atom. The molecule has 0 bridgehead atoms. The zero-order valence-electron chi connectivity index (χ0n) is 9.75. The molecule has 0 aromatic carbocycles. The molecule has 17 heavy (non-hydrogen) atoms. The van der Waals surface area contributed by atoms with Crippen LogP contribution in [0.1, 0.15) is 22.4 Å². The van der Waals surface area contributed by atoms with Gasteiger partial charge in [0.2, 0.25) is 0 Å². The summed E-state index contributed by atoms with van der Waals surface area (Å²) in [6.07, 6.45) is 3.14. The van der Waals surface area contributed by atoms with Gasteiger partial charge in [-0.05, 0) is 13.0 Å². The normalized spacial score (nSPS) is 12.4. The standard InChI is InChI=1S/C12H14N2O2S/c1-8-7-17-12(14-8)5-10(15)9-3-4-13-6-11(9)16-2/h3-4,6-7,10,15H,5H2,1-2H3. The van der Waals surface area contributed by atoms with Gasteiger partial charge in [-0.3, -0.25) is 4.98 Å². The smallest absolute Gasteiger partial charge is 0.142 e. The largest absolute Gasteiger partial charge is 0.495 e. The van der Waals surface area contributed by atoms with E-state index in [0.717, 1.165) is 16.3 Å². The van der Waals surface area contributed by atoms with Gasteiger partial charge in [0.1, 0.15) is 5.75 Å². The molecule has 4 nitrogen and oxygen atoms in total. The van der Waals surface area contributed by atoms with E-state index in [1.165, 1.54) is 0 Å². The van der Waals surface area contributed by atoms with Crippen molar-refractivity contribution >= 4 is 11.3 Å². The van der Waals surface area contributed by atoms with Crippen molar-refractivity contribution in [3.63, 3.8) is 0 Å². The van der Waals surface area contributed by atoms with E-state index in [9.17, 15) is 5.11 Å². The Hall–Kier alpha value is -1.46. The molecule has 0 aliphatic heterocycles. The molecule has 90 valence electrons. The Bertz CT molecular complexity index is 499. The minimum absolute atomic E-state index is 0.499. The molecule has 2 aromatic rings. The molecular weight excluding hydrogens is 236 g/mol. The predicted octanol–water partition coefficient (Wildman–Crippen LogP) is 2.13. The fourth-order valence-electron chi connectivity index (χ4n) is 1.61. The van der Waals surface area contributed by atoms with Gasteiger partial charge in [0.15, 0.2) is 0 Å². The van der Waals surface area contributed by atoms with Crippen molar-refractivity contribution in [2.75, 3.05) is 7.11 Å². The molecular formula is C12H14N2O2S. The van der Waals surface area contributed by atoms with Crippen molar-refractivity contribution in [2.45, 2.75) is 19.4 Å². The third-order valence-electron chi connectivity index (χ3n) is 2.43. The molecule has 2 heterocycles. The molecule has 1 N–H and O–H groups in total. The van der Waals surface area contributed by atoms with E-state index in [2.05, 4.69) is 9.97 Å². The first-order valence-electron chi connectivity index (χ1n) is 5.27. The van der Waals surface area contributed by atoms with Crippen LogP contribution in [-0.2, 0) is 6.42 Å². The van der Waals surface area contributed by atoms with E-state index in [0.29, 0.717) is 12.2 Å².